The number of carbonyl (C=O) groups is 1. The first-order valence-corrected chi connectivity index (χ1v) is 11.0. The Morgan fingerprint density at radius 1 is 1.18 bits per heavy atom. The standard InChI is InChI=1S/C21H28N2O4S/c1-21(2,3)27-20(24)22-14-16-7-6-12-23(15-16)28(25,26)19-11-10-17-8-4-5-9-18(17)13-19/h4-5,8-11,13,16H,6-7,12,14-15H2,1-3H3,(H,22,24). The number of rotatable bonds is 4. The fourth-order valence-corrected chi connectivity index (χ4v) is 5.02. The summed E-state index contributed by atoms with van der Waals surface area (Å²) in [6.07, 6.45) is 1.18. The summed E-state index contributed by atoms with van der Waals surface area (Å²) in [5, 5.41) is 4.68. The molecule has 1 unspecified atom stereocenters. The number of nitrogens with one attached hydrogen (secondary N) is 1. The van der Waals surface area contributed by atoms with E-state index in [0.29, 0.717) is 24.5 Å². The van der Waals surface area contributed by atoms with Crippen LogP contribution in [0, 0.1) is 5.92 Å². The predicted octanol–water partition coefficient (Wildman–Crippen LogP) is 3.77. The molecule has 3 rings (SSSR count). The van der Waals surface area contributed by atoms with Crippen LogP contribution in [0.5, 0.6) is 0 Å². The molecular weight excluding hydrogens is 376 g/mol. The van der Waals surface area contributed by atoms with E-state index in [2.05, 4.69) is 5.32 Å². The molecule has 0 saturated carbocycles. The van der Waals surface area contributed by atoms with E-state index in [9.17, 15) is 13.2 Å². The Bertz CT molecular complexity index is 950. The zero-order valence-electron chi connectivity index (χ0n) is 16.6. The van der Waals surface area contributed by atoms with Crippen LogP contribution in [0.3, 0.4) is 0 Å². The third-order valence-corrected chi connectivity index (χ3v) is 6.64. The predicted molar refractivity (Wildman–Crippen MR) is 110 cm³/mol. The van der Waals surface area contributed by atoms with Crippen molar-refractivity contribution in [1.82, 2.24) is 9.62 Å². The van der Waals surface area contributed by atoms with Crippen molar-refractivity contribution >= 4 is 26.9 Å². The van der Waals surface area contributed by atoms with E-state index in [-0.39, 0.29) is 5.92 Å². The van der Waals surface area contributed by atoms with Gasteiger partial charge in [0, 0.05) is 19.6 Å². The Balaban J connectivity index is 1.67. The van der Waals surface area contributed by atoms with Gasteiger partial charge in [0.1, 0.15) is 5.60 Å². The quantitative estimate of drug-likeness (QED) is 0.842. The molecular formula is C21H28N2O4S. The van der Waals surface area contributed by atoms with Gasteiger partial charge >= 0.3 is 6.09 Å². The Morgan fingerprint density at radius 2 is 1.89 bits per heavy atom. The first-order valence-electron chi connectivity index (χ1n) is 9.61. The molecule has 2 aromatic carbocycles. The van der Waals surface area contributed by atoms with Crippen molar-refractivity contribution in [3.8, 4) is 0 Å². The molecule has 1 atom stereocenters. The monoisotopic (exact) mass is 404 g/mol. The van der Waals surface area contributed by atoms with E-state index in [1.165, 1.54) is 4.31 Å². The summed E-state index contributed by atoms with van der Waals surface area (Å²) < 4.78 is 33.0. The fourth-order valence-electron chi connectivity index (χ4n) is 3.43. The molecule has 1 saturated heterocycles. The zero-order valence-corrected chi connectivity index (χ0v) is 17.5. The topological polar surface area (TPSA) is 75.7 Å². The van der Waals surface area contributed by atoms with Gasteiger partial charge in [-0.3, -0.25) is 0 Å². The summed E-state index contributed by atoms with van der Waals surface area (Å²) in [7, 11) is -3.56. The Hall–Kier alpha value is -2.12. The average molecular weight is 405 g/mol. The second-order valence-electron chi connectivity index (χ2n) is 8.26. The van der Waals surface area contributed by atoms with E-state index in [1.807, 2.05) is 51.1 Å². The Kier molecular flexibility index (Phi) is 5.95. The molecule has 0 spiro atoms. The van der Waals surface area contributed by atoms with Gasteiger partial charge < -0.3 is 10.1 Å². The number of piperidine rings is 1. The lowest BCUT2D eigenvalue weighted by Gasteiger charge is -2.32. The highest BCUT2D eigenvalue weighted by Gasteiger charge is 2.30. The second kappa shape index (κ2) is 8.09. The minimum atomic E-state index is -3.56. The number of amides is 1. The molecule has 1 aliphatic heterocycles. The summed E-state index contributed by atoms with van der Waals surface area (Å²) in [5.41, 5.74) is -0.553. The van der Waals surface area contributed by atoms with Crippen LogP contribution in [0.25, 0.3) is 10.8 Å². The number of alkyl carbamates (subject to hydrolysis) is 1. The van der Waals surface area contributed by atoms with Crippen molar-refractivity contribution < 1.29 is 17.9 Å². The van der Waals surface area contributed by atoms with Crippen molar-refractivity contribution in [3.63, 3.8) is 0 Å². The first kappa shape index (κ1) is 20.6. The normalized spacial score (nSPS) is 18.8. The molecule has 1 N–H and O–H groups in total. The maximum absolute atomic E-state index is 13.1. The maximum atomic E-state index is 13.1. The number of carbonyl (C=O) groups excluding carboxylic acids is 1. The van der Waals surface area contributed by atoms with E-state index in [0.717, 1.165) is 23.6 Å². The lowest BCUT2D eigenvalue weighted by atomic mass is 10.00. The third kappa shape index (κ3) is 5.02. The maximum Gasteiger partial charge on any atom is 0.407 e. The molecule has 0 bridgehead atoms. The molecule has 0 radical (unpaired) electrons. The second-order valence-corrected chi connectivity index (χ2v) is 10.2. The number of hydrogen-bond acceptors (Lipinski definition) is 4. The number of nitrogens with zero attached hydrogens (tertiary/aromatic N) is 1. The van der Waals surface area contributed by atoms with Crippen LogP contribution in [-0.4, -0.2) is 44.1 Å². The van der Waals surface area contributed by atoms with Crippen LogP contribution >= 0.6 is 0 Å². The number of ether oxygens (including phenoxy) is 1. The van der Waals surface area contributed by atoms with Crippen LogP contribution in [0.4, 0.5) is 4.79 Å². The van der Waals surface area contributed by atoms with E-state index >= 15 is 0 Å². The van der Waals surface area contributed by atoms with Crippen molar-refractivity contribution in [2.75, 3.05) is 19.6 Å². The molecule has 6 nitrogen and oxygen atoms in total. The molecule has 1 fully saturated rings. The van der Waals surface area contributed by atoms with Crippen molar-refractivity contribution in [3.05, 3.63) is 42.5 Å². The van der Waals surface area contributed by atoms with Crippen molar-refractivity contribution in [2.45, 2.75) is 44.1 Å². The molecule has 28 heavy (non-hydrogen) atoms. The largest absolute Gasteiger partial charge is 0.444 e. The summed E-state index contributed by atoms with van der Waals surface area (Å²) >= 11 is 0. The highest BCUT2D eigenvalue weighted by Crippen LogP contribution is 2.26. The van der Waals surface area contributed by atoms with Crippen LogP contribution < -0.4 is 5.32 Å². The Morgan fingerprint density at radius 3 is 2.61 bits per heavy atom. The van der Waals surface area contributed by atoms with Gasteiger partial charge in [0.05, 0.1) is 4.90 Å². The smallest absolute Gasteiger partial charge is 0.407 e. The van der Waals surface area contributed by atoms with E-state index in [4.69, 9.17) is 4.74 Å². The van der Waals surface area contributed by atoms with Gasteiger partial charge in [0.2, 0.25) is 10.0 Å². The van der Waals surface area contributed by atoms with Crippen molar-refractivity contribution in [2.24, 2.45) is 5.92 Å². The number of sulfonamides is 1. The van der Waals surface area contributed by atoms with E-state index in [1.54, 1.807) is 12.1 Å². The minimum Gasteiger partial charge on any atom is -0.444 e. The van der Waals surface area contributed by atoms with Gasteiger partial charge in [0.25, 0.3) is 0 Å². The first-order chi connectivity index (χ1) is 13.1. The van der Waals surface area contributed by atoms with Crippen LogP contribution in [0.1, 0.15) is 33.6 Å². The van der Waals surface area contributed by atoms with Gasteiger partial charge in [0.15, 0.2) is 0 Å². The number of benzene rings is 2. The SMILES string of the molecule is CC(C)(C)OC(=O)NCC1CCCN(S(=O)(=O)c2ccc3ccccc3c2)C1. The van der Waals surface area contributed by atoms with Gasteiger partial charge in [-0.05, 0) is 62.4 Å². The molecule has 0 aliphatic carbocycles. The van der Waals surface area contributed by atoms with Crippen LogP contribution in [-0.2, 0) is 14.8 Å². The fraction of sp³-hybridized carbons (Fsp3) is 0.476. The summed E-state index contributed by atoms with van der Waals surface area (Å²) in [6, 6.07) is 13.0. The lowest BCUT2D eigenvalue weighted by molar-refractivity contribution is 0.0513. The van der Waals surface area contributed by atoms with Gasteiger partial charge in [-0.1, -0.05) is 30.3 Å². The zero-order chi connectivity index (χ0) is 20.4. The van der Waals surface area contributed by atoms with E-state index < -0.39 is 21.7 Å². The number of hydrogen-bond donors (Lipinski definition) is 1. The summed E-state index contributed by atoms with van der Waals surface area (Å²) in [6.45, 7) is 6.73. The molecule has 2 aromatic rings. The average Bonchev–Trinajstić information content (AvgIpc) is 2.65. The van der Waals surface area contributed by atoms with Crippen LogP contribution in [0.2, 0.25) is 0 Å². The van der Waals surface area contributed by atoms with Gasteiger partial charge in [-0.15, -0.1) is 0 Å². The van der Waals surface area contributed by atoms with Crippen molar-refractivity contribution in [1.29, 1.82) is 0 Å². The van der Waals surface area contributed by atoms with Gasteiger partial charge in [-0.2, -0.15) is 4.31 Å². The molecule has 152 valence electrons. The number of fused-ring (bicyclic) bond motifs is 1. The van der Waals surface area contributed by atoms with Crippen LogP contribution in [0.15, 0.2) is 47.4 Å². The molecule has 7 heteroatoms. The highest BCUT2D eigenvalue weighted by molar-refractivity contribution is 7.89. The summed E-state index contributed by atoms with van der Waals surface area (Å²) in [4.78, 5) is 12.2. The molecule has 1 heterocycles. The molecule has 0 aromatic heterocycles. The highest BCUT2D eigenvalue weighted by atomic mass is 32.2. The lowest BCUT2D eigenvalue weighted by Crippen LogP contribution is -2.44. The Labute approximate surface area is 166 Å². The molecule has 1 aliphatic rings. The summed E-state index contributed by atoms with van der Waals surface area (Å²) in [5.74, 6) is 0.0662. The van der Waals surface area contributed by atoms with Gasteiger partial charge in [-0.25, -0.2) is 13.2 Å². The third-order valence-electron chi connectivity index (χ3n) is 4.77. The minimum absolute atomic E-state index is 0.0662. The molecule has 1 amide bonds.